The third-order valence-corrected chi connectivity index (χ3v) is 7.96. The third-order valence-electron chi connectivity index (χ3n) is 6.77. The van der Waals surface area contributed by atoms with E-state index in [-0.39, 0.29) is 0 Å². The van der Waals surface area contributed by atoms with Crippen LogP contribution in [0.5, 0.6) is 0 Å². The predicted molar refractivity (Wildman–Crippen MR) is 123 cm³/mol. The molecule has 0 amide bonds. The molecule has 5 heterocycles. The maximum atomic E-state index is 4.70. The second-order valence-electron chi connectivity index (χ2n) is 9.65. The molecule has 6 nitrogen and oxygen atoms in total. The van der Waals surface area contributed by atoms with Crippen molar-refractivity contribution in [2.24, 2.45) is 18.4 Å². The lowest BCUT2D eigenvalue weighted by Crippen LogP contribution is -2.58. The van der Waals surface area contributed by atoms with Crippen LogP contribution in [0, 0.1) is 11.3 Å². The van der Waals surface area contributed by atoms with E-state index in [0.29, 0.717) is 17.4 Å². The van der Waals surface area contributed by atoms with Crippen LogP contribution in [0.2, 0.25) is 0 Å². The second kappa shape index (κ2) is 7.61. The Labute approximate surface area is 182 Å². The van der Waals surface area contributed by atoms with E-state index in [1.54, 1.807) is 17.7 Å². The van der Waals surface area contributed by atoms with Crippen LogP contribution in [-0.2, 0) is 13.5 Å². The number of anilines is 1. The highest BCUT2D eigenvalue weighted by Crippen LogP contribution is 2.46. The van der Waals surface area contributed by atoms with Gasteiger partial charge in [-0.05, 0) is 31.2 Å². The summed E-state index contributed by atoms with van der Waals surface area (Å²) in [6, 6.07) is 2.78. The summed E-state index contributed by atoms with van der Waals surface area (Å²) >= 11 is 1.81. The van der Waals surface area contributed by atoms with Gasteiger partial charge in [0.15, 0.2) is 0 Å². The Balaban J connectivity index is 1.31. The predicted octanol–water partition coefficient (Wildman–Crippen LogP) is 4.29. The Morgan fingerprint density at radius 2 is 2.03 bits per heavy atom. The van der Waals surface area contributed by atoms with E-state index >= 15 is 0 Å². The molecule has 0 saturated carbocycles. The monoisotopic (exact) mass is 424 g/mol. The highest BCUT2D eigenvalue weighted by atomic mass is 32.1. The van der Waals surface area contributed by atoms with Gasteiger partial charge in [-0.3, -0.25) is 9.58 Å². The first-order valence-corrected chi connectivity index (χ1v) is 12.0. The molecule has 0 radical (unpaired) electrons. The molecule has 3 aromatic rings. The lowest BCUT2D eigenvalue weighted by Gasteiger charge is -2.52. The number of hydrogen-bond acceptors (Lipinski definition) is 6. The fourth-order valence-corrected chi connectivity index (χ4v) is 6.21. The number of aryl methyl sites for hydroxylation is 2. The van der Waals surface area contributed by atoms with E-state index < -0.39 is 0 Å². The SMILES string of the molecule is CCc1cc2c(N3CCC4(C3)CN([C@@H](CC(C)C)c3cnn(C)c3)C4)ncnc2s1. The Morgan fingerprint density at radius 1 is 1.20 bits per heavy atom. The highest BCUT2D eigenvalue weighted by molar-refractivity contribution is 7.18. The lowest BCUT2D eigenvalue weighted by molar-refractivity contribution is -0.0238. The van der Waals surface area contributed by atoms with Crippen LogP contribution in [0.3, 0.4) is 0 Å². The summed E-state index contributed by atoms with van der Waals surface area (Å²) in [6.45, 7) is 11.4. The average molecular weight is 425 g/mol. The first-order chi connectivity index (χ1) is 14.5. The first kappa shape index (κ1) is 19.9. The molecule has 160 valence electrons. The standard InChI is InChI=1S/C23H32N6S/c1-5-18-9-19-21(24-15-25-22(19)30-18)28-7-6-23(12-28)13-29(14-23)20(8-16(2)3)17-10-26-27(4)11-17/h9-11,15-16,20H,5-8,12-14H2,1-4H3/t20-/m0/s1. The van der Waals surface area contributed by atoms with Gasteiger partial charge >= 0.3 is 0 Å². The number of thiophene rings is 1. The molecule has 5 rings (SSSR count). The number of fused-ring (bicyclic) bond motifs is 1. The molecular formula is C23H32N6S. The fraction of sp³-hybridized carbons (Fsp3) is 0.609. The zero-order valence-electron chi connectivity index (χ0n) is 18.5. The molecule has 3 aromatic heterocycles. The van der Waals surface area contributed by atoms with Gasteiger partial charge in [0.25, 0.3) is 0 Å². The number of nitrogens with zero attached hydrogens (tertiary/aromatic N) is 6. The van der Waals surface area contributed by atoms with Gasteiger partial charge in [-0.1, -0.05) is 20.8 Å². The summed E-state index contributed by atoms with van der Waals surface area (Å²) in [5.41, 5.74) is 1.76. The minimum Gasteiger partial charge on any atom is -0.355 e. The van der Waals surface area contributed by atoms with Crippen LogP contribution >= 0.6 is 11.3 Å². The van der Waals surface area contributed by atoms with Crippen LogP contribution < -0.4 is 4.90 Å². The number of rotatable bonds is 6. The summed E-state index contributed by atoms with van der Waals surface area (Å²) < 4.78 is 1.93. The smallest absolute Gasteiger partial charge is 0.140 e. The van der Waals surface area contributed by atoms with Crippen LogP contribution in [0.25, 0.3) is 10.2 Å². The van der Waals surface area contributed by atoms with Crippen molar-refractivity contribution in [1.29, 1.82) is 0 Å². The molecule has 0 aliphatic carbocycles. The first-order valence-electron chi connectivity index (χ1n) is 11.2. The summed E-state index contributed by atoms with van der Waals surface area (Å²) in [7, 11) is 2.01. The molecular weight excluding hydrogens is 392 g/mol. The maximum Gasteiger partial charge on any atom is 0.140 e. The van der Waals surface area contributed by atoms with E-state index in [9.17, 15) is 0 Å². The van der Waals surface area contributed by atoms with E-state index in [4.69, 9.17) is 4.98 Å². The van der Waals surface area contributed by atoms with Gasteiger partial charge in [0.2, 0.25) is 0 Å². The minimum atomic E-state index is 0.401. The van der Waals surface area contributed by atoms with Crippen molar-refractivity contribution in [1.82, 2.24) is 24.6 Å². The van der Waals surface area contributed by atoms with Crippen molar-refractivity contribution in [2.45, 2.75) is 46.1 Å². The molecule has 0 bridgehead atoms. The average Bonchev–Trinajstić information content (AvgIpc) is 3.41. The van der Waals surface area contributed by atoms with E-state index in [1.165, 1.54) is 41.8 Å². The van der Waals surface area contributed by atoms with Crippen LogP contribution in [-0.4, -0.2) is 50.8 Å². The summed E-state index contributed by atoms with van der Waals surface area (Å²) in [4.78, 5) is 16.9. The molecule has 1 spiro atoms. The van der Waals surface area contributed by atoms with Gasteiger partial charge in [0, 0.05) is 61.3 Å². The van der Waals surface area contributed by atoms with Gasteiger partial charge in [0.1, 0.15) is 17.0 Å². The maximum absolute atomic E-state index is 4.70. The quantitative estimate of drug-likeness (QED) is 0.591. The number of aromatic nitrogens is 4. The molecule has 1 atom stereocenters. The van der Waals surface area contributed by atoms with E-state index in [2.05, 4.69) is 59.1 Å². The molecule has 0 unspecified atom stereocenters. The van der Waals surface area contributed by atoms with Gasteiger partial charge < -0.3 is 4.90 Å². The van der Waals surface area contributed by atoms with E-state index in [1.807, 2.05) is 11.7 Å². The normalized spacial score (nSPS) is 19.8. The minimum absolute atomic E-state index is 0.401. The van der Waals surface area contributed by atoms with Crippen LogP contribution in [0.1, 0.15) is 50.1 Å². The van der Waals surface area contributed by atoms with Crippen LogP contribution in [0.15, 0.2) is 24.8 Å². The molecule has 0 N–H and O–H groups in total. The zero-order chi connectivity index (χ0) is 20.9. The fourth-order valence-electron chi connectivity index (χ4n) is 5.28. The number of likely N-dealkylation sites (tertiary alicyclic amines) is 1. The molecule has 0 aromatic carbocycles. The molecule has 30 heavy (non-hydrogen) atoms. The van der Waals surface area contributed by atoms with Crippen molar-refractivity contribution in [2.75, 3.05) is 31.1 Å². The second-order valence-corrected chi connectivity index (χ2v) is 10.8. The van der Waals surface area contributed by atoms with Gasteiger partial charge in [0.05, 0.1) is 11.6 Å². The Morgan fingerprint density at radius 3 is 2.73 bits per heavy atom. The number of hydrogen-bond donors (Lipinski definition) is 0. The Hall–Kier alpha value is -1.99. The van der Waals surface area contributed by atoms with Crippen LogP contribution in [0.4, 0.5) is 5.82 Å². The van der Waals surface area contributed by atoms with Crippen molar-refractivity contribution < 1.29 is 0 Å². The Bertz CT molecular complexity index is 1030. The van der Waals surface area contributed by atoms with Gasteiger partial charge in [-0.15, -0.1) is 11.3 Å². The molecule has 7 heteroatoms. The third kappa shape index (κ3) is 3.52. The topological polar surface area (TPSA) is 50.1 Å². The molecule has 2 aliphatic rings. The van der Waals surface area contributed by atoms with Crippen molar-refractivity contribution >= 4 is 27.4 Å². The van der Waals surface area contributed by atoms with E-state index in [0.717, 1.165) is 30.2 Å². The molecule has 2 fully saturated rings. The largest absolute Gasteiger partial charge is 0.355 e. The summed E-state index contributed by atoms with van der Waals surface area (Å²) in [5.74, 6) is 1.81. The summed E-state index contributed by atoms with van der Waals surface area (Å²) in [6.07, 6.45) is 9.49. The zero-order valence-corrected chi connectivity index (χ0v) is 19.3. The lowest BCUT2D eigenvalue weighted by atomic mass is 9.77. The molecule has 2 aliphatic heterocycles. The van der Waals surface area contributed by atoms with Crippen molar-refractivity contribution in [3.8, 4) is 0 Å². The molecule has 2 saturated heterocycles. The highest BCUT2D eigenvalue weighted by Gasteiger charge is 2.50. The van der Waals surface area contributed by atoms with Crippen molar-refractivity contribution in [3.05, 3.63) is 35.2 Å². The van der Waals surface area contributed by atoms with Gasteiger partial charge in [-0.25, -0.2) is 9.97 Å². The van der Waals surface area contributed by atoms with Gasteiger partial charge in [-0.2, -0.15) is 5.10 Å². The summed E-state index contributed by atoms with van der Waals surface area (Å²) in [5, 5.41) is 5.67. The Kier molecular flexibility index (Phi) is 5.06. The van der Waals surface area contributed by atoms with Crippen molar-refractivity contribution in [3.63, 3.8) is 0 Å².